The van der Waals surface area contributed by atoms with E-state index in [4.69, 9.17) is 10.5 Å². The summed E-state index contributed by atoms with van der Waals surface area (Å²) in [6.45, 7) is 5.63. The van der Waals surface area contributed by atoms with E-state index in [1.807, 2.05) is 18.2 Å². The summed E-state index contributed by atoms with van der Waals surface area (Å²) in [5.74, 6) is 0.934. The zero-order valence-electron chi connectivity index (χ0n) is 13.9. The van der Waals surface area contributed by atoms with Crippen LogP contribution in [0, 0.1) is 0 Å². The molecule has 0 bridgehead atoms. The van der Waals surface area contributed by atoms with Gasteiger partial charge >= 0.3 is 0 Å². The SMILES string of the molecule is CCCCN1Cc2ccc(OCc3ccccc3)cc2C1CN. The van der Waals surface area contributed by atoms with E-state index in [0.717, 1.165) is 18.8 Å². The number of nitrogens with two attached hydrogens (primary N) is 1. The number of fused-ring (bicyclic) bond motifs is 1. The summed E-state index contributed by atoms with van der Waals surface area (Å²) in [7, 11) is 0. The molecule has 3 nitrogen and oxygen atoms in total. The van der Waals surface area contributed by atoms with Crippen molar-refractivity contribution in [2.24, 2.45) is 5.73 Å². The van der Waals surface area contributed by atoms with E-state index >= 15 is 0 Å². The fraction of sp³-hybridized carbons (Fsp3) is 0.400. The first-order valence-electron chi connectivity index (χ1n) is 8.55. The van der Waals surface area contributed by atoms with Crippen molar-refractivity contribution in [2.45, 2.75) is 39.0 Å². The molecule has 3 heteroatoms. The van der Waals surface area contributed by atoms with E-state index in [1.165, 1.54) is 29.5 Å². The van der Waals surface area contributed by atoms with Gasteiger partial charge in [0.1, 0.15) is 12.4 Å². The van der Waals surface area contributed by atoms with Crippen LogP contribution in [-0.4, -0.2) is 18.0 Å². The highest BCUT2D eigenvalue weighted by Crippen LogP contribution is 2.35. The molecule has 0 radical (unpaired) electrons. The lowest BCUT2D eigenvalue weighted by Gasteiger charge is -2.23. The van der Waals surface area contributed by atoms with Gasteiger partial charge in [0.2, 0.25) is 0 Å². The van der Waals surface area contributed by atoms with Crippen LogP contribution in [0.25, 0.3) is 0 Å². The second-order valence-corrected chi connectivity index (χ2v) is 6.21. The van der Waals surface area contributed by atoms with Gasteiger partial charge < -0.3 is 10.5 Å². The van der Waals surface area contributed by atoms with Gasteiger partial charge in [-0.1, -0.05) is 49.7 Å². The van der Waals surface area contributed by atoms with Gasteiger partial charge in [-0.05, 0) is 41.8 Å². The molecule has 1 aliphatic rings. The van der Waals surface area contributed by atoms with Crippen molar-refractivity contribution >= 4 is 0 Å². The Morgan fingerprint density at radius 2 is 2.00 bits per heavy atom. The van der Waals surface area contributed by atoms with Crippen molar-refractivity contribution in [2.75, 3.05) is 13.1 Å². The van der Waals surface area contributed by atoms with Crippen LogP contribution in [0.5, 0.6) is 5.75 Å². The van der Waals surface area contributed by atoms with E-state index in [2.05, 4.69) is 42.2 Å². The van der Waals surface area contributed by atoms with E-state index in [1.54, 1.807) is 0 Å². The third kappa shape index (κ3) is 3.74. The Bertz CT molecular complexity index is 627. The van der Waals surface area contributed by atoms with Crippen molar-refractivity contribution in [3.8, 4) is 5.75 Å². The summed E-state index contributed by atoms with van der Waals surface area (Å²) < 4.78 is 5.97. The first-order valence-corrected chi connectivity index (χ1v) is 8.55. The summed E-state index contributed by atoms with van der Waals surface area (Å²) in [5, 5.41) is 0. The van der Waals surface area contributed by atoms with Crippen molar-refractivity contribution in [1.82, 2.24) is 4.90 Å². The molecule has 0 amide bonds. The molecule has 0 saturated heterocycles. The maximum absolute atomic E-state index is 6.04. The van der Waals surface area contributed by atoms with Crippen LogP contribution in [0.3, 0.4) is 0 Å². The molecule has 1 atom stereocenters. The molecule has 1 unspecified atom stereocenters. The van der Waals surface area contributed by atoms with Crippen LogP contribution >= 0.6 is 0 Å². The topological polar surface area (TPSA) is 38.5 Å². The normalized spacial score (nSPS) is 17.2. The lowest BCUT2D eigenvalue weighted by atomic mass is 10.0. The smallest absolute Gasteiger partial charge is 0.120 e. The van der Waals surface area contributed by atoms with E-state index in [-0.39, 0.29) is 0 Å². The van der Waals surface area contributed by atoms with Gasteiger partial charge in [0, 0.05) is 19.1 Å². The number of unbranched alkanes of at least 4 members (excludes halogenated alkanes) is 1. The Morgan fingerprint density at radius 3 is 2.74 bits per heavy atom. The summed E-state index contributed by atoms with van der Waals surface area (Å²) >= 11 is 0. The van der Waals surface area contributed by atoms with E-state index in [0.29, 0.717) is 19.2 Å². The standard InChI is InChI=1S/C20H26N2O/c1-2-3-11-22-14-17-9-10-18(12-19(17)20(22)13-21)23-15-16-7-5-4-6-8-16/h4-10,12,20H,2-3,11,13-15,21H2,1H3. The highest BCUT2D eigenvalue weighted by Gasteiger charge is 2.28. The highest BCUT2D eigenvalue weighted by atomic mass is 16.5. The first-order chi connectivity index (χ1) is 11.3. The number of ether oxygens (including phenoxy) is 1. The zero-order valence-corrected chi connectivity index (χ0v) is 13.9. The van der Waals surface area contributed by atoms with Crippen LogP contribution in [0.1, 0.15) is 42.5 Å². The quantitative estimate of drug-likeness (QED) is 0.843. The lowest BCUT2D eigenvalue weighted by molar-refractivity contribution is 0.216. The molecule has 2 aromatic carbocycles. The molecule has 2 N–H and O–H groups in total. The van der Waals surface area contributed by atoms with Gasteiger partial charge in [0.05, 0.1) is 0 Å². The van der Waals surface area contributed by atoms with Gasteiger partial charge in [-0.2, -0.15) is 0 Å². The third-order valence-corrected chi connectivity index (χ3v) is 4.56. The van der Waals surface area contributed by atoms with E-state index in [9.17, 15) is 0 Å². The third-order valence-electron chi connectivity index (χ3n) is 4.56. The second-order valence-electron chi connectivity index (χ2n) is 6.21. The van der Waals surface area contributed by atoms with Crippen molar-refractivity contribution < 1.29 is 4.74 Å². The minimum absolute atomic E-state index is 0.330. The molecule has 1 heterocycles. The Hall–Kier alpha value is -1.84. The van der Waals surface area contributed by atoms with Gasteiger partial charge in [0.25, 0.3) is 0 Å². The molecular weight excluding hydrogens is 284 g/mol. The van der Waals surface area contributed by atoms with Crippen molar-refractivity contribution in [3.05, 3.63) is 65.2 Å². The number of hydrogen-bond donors (Lipinski definition) is 1. The van der Waals surface area contributed by atoms with E-state index < -0.39 is 0 Å². The van der Waals surface area contributed by atoms with Crippen LogP contribution in [-0.2, 0) is 13.2 Å². The number of benzene rings is 2. The molecule has 0 aromatic heterocycles. The number of nitrogens with zero attached hydrogens (tertiary/aromatic N) is 1. The van der Waals surface area contributed by atoms with Crippen molar-refractivity contribution in [1.29, 1.82) is 0 Å². The molecule has 2 aromatic rings. The Kier molecular flexibility index (Phi) is 5.31. The Morgan fingerprint density at radius 1 is 1.17 bits per heavy atom. The van der Waals surface area contributed by atoms with Crippen molar-refractivity contribution in [3.63, 3.8) is 0 Å². The lowest BCUT2D eigenvalue weighted by Crippen LogP contribution is -2.28. The molecule has 0 aliphatic carbocycles. The summed E-state index contributed by atoms with van der Waals surface area (Å²) in [6, 6.07) is 17.1. The first kappa shape index (κ1) is 16.0. The summed E-state index contributed by atoms with van der Waals surface area (Å²) in [4.78, 5) is 2.50. The molecule has 0 spiro atoms. The Balaban J connectivity index is 1.70. The molecular formula is C20H26N2O. The zero-order chi connectivity index (χ0) is 16.1. The average Bonchev–Trinajstić information content (AvgIpc) is 2.95. The monoisotopic (exact) mass is 310 g/mol. The summed E-state index contributed by atoms with van der Waals surface area (Å²) in [5.41, 5.74) is 9.97. The van der Waals surface area contributed by atoms with Crippen LogP contribution in [0.2, 0.25) is 0 Å². The van der Waals surface area contributed by atoms with Gasteiger partial charge in [-0.15, -0.1) is 0 Å². The maximum Gasteiger partial charge on any atom is 0.120 e. The molecule has 1 aliphatic heterocycles. The summed E-state index contributed by atoms with van der Waals surface area (Å²) in [6.07, 6.45) is 2.44. The fourth-order valence-corrected chi connectivity index (χ4v) is 3.26. The number of rotatable bonds is 7. The Labute approximate surface area is 139 Å². The molecule has 0 saturated carbocycles. The maximum atomic E-state index is 6.04. The predicted molar refractivity (Wildman–Crippen MR) is 94.3 cm³/mol. The molecule has 3 rings (SSSR count). The van der Waals surface area contributed by atoms with Crippen LogP contribution < -0.4 is 10.5 Å². The number of hydrogen-bond acceptors (Lipinski definition) is 3. The fourth-order valence-electron chi connectivity index (χ4n) is 3.26. The largest absolute Gasteiger partial charge is 0.489 e. The van der Waals surface area contributed by atoms with Gasteiger partial charge in [0.15, 0.2) is 0 Å². The average molecular weight is 310 g/mol. The minimum Gasteiger partial charge on any atom is -0.489 e. The van der Waals surface area contributed by atoms with Gasteiger partial charge in [-0.3, -0.25) is 4.90 Å². The predicted octanol–water partition coefficient (Wildman–Crippen LogP) is 3.88. The van der Waals surface area contributed by atoms with Gasteiger partial charge in [-0.25, -0.2) is 0 Å². The minimum atomic E-state index is 0.330. The van der Waals surface area contributed by atoms with Crippen LogP contribution in [0.15, 0.2) is 48.5 Å². The van der Waals surface area contributed by atoms with Crippen LogP contribution in [0.4, 0.5) is 0 Å². The second kappa shape index (κ2) is 7.62. The molecule has 23 heavy (non-hydrogen) atoms. The molecule has 122 valence electrons. The highest BCUT2D eigenvalue weighted by molar-refractivity contribution is 5.41. The molecule has 0 fully saturated rings.